The van der Waals surface area contributed by atoms with E-state index < -0.39 is 29.9 Å². The molecule has 1 aromatic rings. The van der Waals surface area contributed by atoms with Crippen LogP contribution >= 0.6 is 0 Å². The molecule has 0 aromatic carbocycles. The second-order valence-corrected chi connectivity index (χ2v) is 3.29. The van der Waals surface area contributed by atoms with Gasteiger partial charge in [-0.3, -0.25) is 14.9 Å². The van der Waals surface area contributed by atoms with Crippen LogP contribution in [0.1, 0.15) is 6.42 Å². The number of carboxylic acids is 3. The zero-order valence-electron chi connectivity index (χ0n) is 8.53. The van der Waals surface area contributed by atoms with Gasteiger partial charge in [-0.15, -0.1) is 0 Å². The topological polar surface area (TPSA) is 129 Å². The molecule has 0 saturated heterocycles. The zero-order chi connectivity index (χ0) is 13.1. The fourth-order valence-electron chi connectivity index (χ4n) is 1.23. The zero-order valence-corrected chi connectivity index (χ0v) is 8.53. The van der Waals surface area contributed by atoms with Crippen LogP contribution in [0.2, 0.25) is 0 Å². The predicted molar refractivity (Wildman–Crippen MR) is 54.0 cm³/mol. The van der Waals surface area contributed by atoms with Crippen molar-refractivity contribution < 1.29 is 29.7 Å². The molecule has 0 amide bonds. The Labute approximate surface area is 95.1 Å². The Morgan fingerprint density at radius 2 is 1.53 bits per heavy atom. The van der Waals surface area contributed by atoms with Gasteiger partial charge in [-0.05, 0) is 12.1 Å². The van der Waals surface area contributed by atoms with Crippen LogP contribution in [0.4, 0.5) is 0 Å². The van der Waals surface area contributed by atoms with Crippen molar-refractivity contribution >= 4 is 17.9 Å². The third-order valence-electron chi connectivity index (χ3n) is 2.07. The number of nitrogens with one attached hydrogen (secondary N) is 1. The average Bonchev–Trinajstić information content (AvgIpc) is 2.67. The highest BCUT2D eigenvalue weighted by Crippen LogP contribution is 2.14. The van der Waals surface area contributed by atoms with E-state index in [-0.39, 0.29) is 0 Å². The third-order valence-corrected chi connectivity index (χ3v) is 2.07. The molecule has 1 heterocycles. The van der Waals surface area contributed by atoms with Gasteiger partial charge in [0.05, 0.1) is 6.42 Å². The van der Waals surface area contributed by atoms with Crippen molar-refractivity contribution in [1.29, 1.82) is 0 Å². The molecular formula is C9H10N2O6. The molecule has 8 nitrogen and oxygen atoms in total. The van der Waals surface area contributed by atoms with Crippen LogP contribution in [0.5, 0.6) is 0 Å². The van der Waals surface area contributed by atoms with E-state index in [1.54, 1.807) is 0 Å². The van der Waals surface area contributed by atoms with Crippen LogP contribution in [0.3, 0.4) is 0 Å². The Bertz CT molecular complexity index is 424. The van der Waals surface area contributed by atoms with E-state index in [0.29, 0.717) is 0 Å². The summed E-state index contributed by atoms with van der Waals surface area (Å²) in [6.07, 6.45) is 1.64. The molecule has 0 aliphatic heterocycles. The standard InChI is InChI=1S/C9H10N2O6/c12-6(13)5-9(7(14)15,8(16)17)10-11-3-1-2-4-11/h1-4,10H,5H2,(H,12,13)(H,14,15)(H,16,17). The fourth-order valence-corrected chi connectivity index (χ4v) is 1.23. The molecule has 0 aliphatic carbocycles. The first kappa shape index (κ1) is 12.6. The van der Waals surface area contributed by atoms with Gasteiger partial charge >= 0.3 is 17.9 Å². The van der Waals surface area contributed by atoms with Crippen LogP contribution in [0.25, 0.3) is 0 Å². The van der Waals surface area contributed by atoms with Crippen molar-refractivity contribution in [2.45, 2.75) is 12.0 Å². The summed E-state index contributed by atoms with van der Waals surface area (Å²) in [5.74, 6) is -5.09. The van der Waals surface area contributed by atoms with Gasteiger partial charge in [0.2, 0.25) is 0 Å². The lowest BCUT2D eigenvalue weighted by Gasteiger charge is -2.25. The summed E-state index contributed by atoms with van der Waals surface area (Å²) >= 11 is 0. The van der Waals surface area contributed by atoms with E-state index in [4.69, 9.17) is 15.3 Å². The Morgan fingerprint density at radius 3 is 1.88 bits per heavy atom. The van der Waals surface area contributed by atoms with Gasteiger partial charge in [-0.1, -0.05) is 0 Å². The molecule has 92 valence electrons. The number of hydrogen-bond donors (Lipinski definition) is 4. The Hall–Kier alpha value is -2.51. The number of nitrogens with zero attached hydrogens (tertiary/aromatic N) is 1. The van der Waals surface area contributed by atoms with Crippen LogP contribution in [-0.4, -0.2) is 43.4 Å². The van der Waals surface area contributed by atoms with E-state index in [2.05, 4.69) is 5.43 Å². The molecule has 1 aromatic heterocycles. The molecule has 8 heteroatoms. The Morgan fingerprint density at radius 1 is 1.06 bits per heavy atom. The first-order valence-electron chi connectivity index (χ1n) is 4.48. The number of carboxylic acid groups (broad SMARTS) is 3. The van der Waals surface area contributed by atoms with Crippen molar-refractivity contribution in [2.75, 3.05) is 5.43 Å². The molecule has 0 fully saturated rings. The molecule has 4 N–H and O–H groups in total. The summed E-state index contributed by atoms with van der Waals surface area (Å²) in [5.41, 5.74) is -0.467. The first-order chi connectivity index (χ1) is 7.88. The number of aliphatic carboxylic acids is 3. The molecule has 0 saturated carbocycles. The summed E-state index contributed by atoms with van der Waals surface area (Å²) in [6, 6.07) is 3.06. The molecule has 0 bridgehead atoms. The van der Waals surface area contributed by atoms with Crippen LogP contribution in [0.15, 0.2) is 24.5 Å². The SMILES string of the molecule is O=C(O)CC(Nn1cccc1)(C(=O)O)C(=O)O. The maximum absolute atomic E-state index is 11.0. The summed E-state index contributed by atoms with van der Waals surface area (Å²) < 4.78 is 1.07. The monoisotopic (exact) mass is 242 g/mol. The highest BCUT2D eigenvalue weighted by atomic mass is 16.4. The van der Waals surface area contributed by atoms with Gasteiger partial charge in [0.1, 0.15) is 0 Å². The molecule has 0 aliphatic rings. The van der Waals surface area contributed by atoms with Gasteiger partial charge in [0, 0.05) is 12.4 Å². The van der Waals surface area contributed by atoms with Crippen molar-refractivity contribution in [2.24, 2.45) is 0 Å². The third kappa shape index (κ3) is 2.54. The molecule has 0 atom stereocenters. The Kier molecular flexibility index (Phi) is 3.37. The maximum atomic E-state index is 11.0. The molecule has 0 unspecified atom stereocenters. The quantitative estimate of drug-likeness (QED) is 0.491. The van der Waals surface area contributed by atoms with Gasteiger partial charge in [-0.25, -0.2) is 9.59 Å². The van der Waals surface area contributed by atoms with Gasteiger partial charge in [0.15, 0.2) is 0 Å². The molecule has 0 radical (unpaired) electrons. The minimum Gasteiger partial charge on any atom is -0.481 e. The smallest absolute Gasteiger partial charge is 0.343 e. The van der Waals surface area contributed by atoms with Crippen molar-refractivity contribution in [3.05, 3.63) is 24.5 Å². The van der Waals surface area contributed by atoms with Crippen molar-refractivity contribution in [3.63, 3.8) is 0 Å². The van der Waals surface area contributed by atoms with E-state index >= 15 is 0 Å². The van der Waals surface area contributed by atoms with Gasteiger partial charge in [0.25, 0.3) is 5.54 Å². The summed E-state index contributed by atoms with van der Waals surface area (Å²) in [7, 11) is 0. The van der Waals surface area contributed by atoms with Gasteiger partial charge < -0.3 is 15.3 Å². The number of hydrogen-bond acceptors (Lipinski definition) is 4. The normalized spacial score (nSPS) is 10.8. The van der Waals surface area contributed by atoms with Gasteiger partial charge in [-0.2, -0.15) is 0 Å². The predicted octanol–water partition coefficient (Wildman–Crippen LogP) is -0.586. The van der Waals surface area contributed by atoms with Crippen molar-refractivity contribution in [3.8, 4) is 0 Å². The largest absolute Gasteiger partial charge is 0.481 e. The molecule has 17 heavy (non-hydrogen) atoms. The fraction of sp³-hybridized carbons (Fsp3) is 0.222. The first-order valence-corrected chi connectivity index (χ1v) is 4.48. The summed E-state index contributed by atoms with van der Waals surface area (Å²) in [5, 5.41) is 26.4. The van der Waals surface area contributed by atoms with E-state index in [0.717, 1.165) is 4.68 Å². The lowest BCUT2D eigenvalue weighted by Crippen LogP contribution is -2.57. The second-order valence-electron chi connectivity index (χ2n) is 3.29. The average molecular weight is 242 g/mol. The molecule has 0 spiro atoms. The number of rotatable bonds is 6. The second kappa shape index (κ2) is 4.56. The minimum atomic E-state index is -2.61. The Balaban J connectivity index is 3.10. The minimum absolute atomic E-state index is 1.07. The van der Waals surface area contributed by atoms with E-state index in [9.17, 15) is 14.4 Å². The number of carbonyl (C=O) groups is 3. The summed E-state index contributed by atoms with van der Waals surface area (Å²) in [4.78, 5) is 32.6. The van der Waals surface area contributed by atoms with Crippen LogP contribution in [-0.2, 0) is 14.4 Å². The molecular weight excluding hydrogens is 232 g/mol. The van der Waals surface area contributed by atoms with E-state index in [1.165, 1.54) is 24.5 Å². The molecule has 1 rings (SSSR count). The maximum Gasteiger partial charge on any atom is 0.343 e. The van der Waals surface area contributed by atoms with E-state index in [1.807, 2.05) is 0 Å². The lowest BCUT2D eigenvalue weighted by atomic mass is 9.96. The summed E-state index contributed by atoms with van der Waals surface area (Å²) in [6.45, 7) is 0. The van der Waals surface area contributed by atoms with Crippen LogP contribution in [0, 0.1) is 0 Å². The highest BCUT2D eigenvalue weighted by molar-refractivity contribution is 6.07. The lowest BCUT2D eigenvalue weighted by molar-refractivity contribution is -0.160. The van der Waals surface area contributed by atoms with Crippen molar-refractivity contribution in [1.82, 2.24) is 4.68 Å². The number of aromatic nitrogens is 1. The highest BCUT2D eigenvalue weighted by Gasteiger charge is 2.49. The van der Waals surface area contributed by atoms with Crippen LogP contribution < -0.4 is 5.43 Å².